The second-order valence-corrected chi connectivity index (χ2v) is 4.08. The maximum Gasteiger partial charge on any atom is 0.264 e. The third-order valence-electron chi connectivity index (χ3n) is 2.77. The van der Waals surface area contributed by atoms with Crippen LogP contribution in [0.1, 0.15) is 5.56 Å². The molecule has 1 aromatic carbocycles. The van der Waals surface area contributed by atoms with E-state index in [9.17, 15) is 4.79 Å². The van der Waals surface area contributed by atoms with Crippen LogP contribution >= 0.6 is 0 Å². The Morgan fingerprint density at radius 3 is 2.50 bits per heavy atom. The first-order valence-electron chi connectivity index (χ1n) is 6.00. The van der Waals surface area contributed by atoms with Crippen LogP contribution in [0.5, 0.6) is 5.75 Å². The topological polar surface area (TPSA) is 66.2 Å². The molecule has 0 N–H and O–H groups in total. The van der Waals surface area contributed by atoms with Gasteiger partial charge in [-0.05, 0) is 36.4 Å². The Labute approximate surface area is 117 Å². The third kappa shape index (κ3) is 3.33. The summed E-state index contributed by atoms with van der Waals surface area (Å²) in [6, 6.07) is 12.1. The lowest BCUT2D eigenvalue weighted by Crippen LogP contribution is -2.31. The number of benzene rings is 1. The summed E-state index contributed by atoms with van der Waals surface area (Å²) in [5.74, 6) is 0.390. The minimum Gasteiger partial charge on any atom is -0.484 e. The molecule has 0 unspecified atom stereocenters. The van der Waals surface area contributed by atoms with Crippen LogP contribution in [0.2, 0.25) is 0 Å². The number of nitriles is 1. The second kappa shape index (κ2) is 6.34. The molecule has 0 saturated heterocycles. The lowest BCUT2D eigenvalue weighted by molar-refractivity contribution is -0.120. The summed E-state index contributed by atoms with van der Waals surface area (Å²) in [6.07, 6.45) is 3.25. The van der Waals surface area contributed by atoms with Crippen LogP contribution < -0.4 is 9.64 Å². The quantitative estimate of drug-likeness (QED) is 0.849. The Balaban J connectivity index is 1.93. The summed E-state index contributed by atoms with van der Waals surface area (Å²) in [7, 11) is 1.68. The molecule has 2 aromatic rings. The molecule has 0 spiro atoms. The molecule has 0 aliphatic heterocycles. The van der Waals surface area contributed by atoms with Crippen LogP contribution in [-0.4, -0.2) is 24.5 Å². The van der Waals surface area contributed by atoms with Crippen molar-refractivity contribution in [2.45, 2.75) is 0 Å². The fraction of sp³-hybridized carbons (Fsp3) is 0.133. The van der Waals surface area contributed by atoms with Gasteiger partial charge in [0.05, 0.1) is 11.6 Å². The Kier molecular flexibility index (Phi) is 4.30. The molecule has 0 atom stereocenters. The van der Waals surface area contributed by atoms with Gasteiger partial charge in [0.15, 0.2) is 6.61 Å². The fourth-order valence-corrected chi connectivity index (χ4v) is 1.58. The van der Waals surface area contributed by atoms with Crippen LogP contribution in [0.3, 0.4) is 0 Å². The second-order valence-electron chi connectivity index (χ2n) is 4.08. The van der Waals surface area contributed by atoms with Gasteiger partial charge in [0, 0.05) is 25.1 Å². The number of likely N-dealkylation sites (N-methyl/N-ethyl adjacent to an activating group) is 1. The molecule has 20 heavy (non-hydrogen) atoms. The lowest BCUT2D eigenvalue weighted by Gasteiger charge is -2.17. The number of carbonyl (C=O) groups excluding carboxylic acids is 1. The SMILES string of the molecule is CN(C(=O)COc1ccc(C#N)cc1)c1ccncc1. The van der Waals surface area contributed by atoms with E-state index in [0.717, 1.165) is 5.69 Å². The summed E-state index contributed by atoms with van der Waals surface area (Å²) >= 11 is 0. The summed E-state index contributed by atoms with van der Waals surface area (Å²) in [5.41, 5.74) is 1.31. The number of anilines is 1. The molecule has 2 rings (SSSR count). The van der Waals surface area contributed by atoms with E-state index in [-0.39, 0.29) is 12.5 Å². The van der Waals surface area contributed by atoms with Crippen LogP contribution in [0.4, 0.5) is 5.69 Å². The molecule has 0 bridgehead atoms. The lowest BCUT2D eigenvalue weighted by atomic mass is 10.2. The first-order valence-corrected chi connectivity index (χ1v) is 6.00. The zero-order valence-electron chi connectivity index (χ0n) is 11.0. The molecular formula is C15H13N3O2. The van der Waals surface area contributed by atoms with Gasteiger partial charge in [0.1, 0.15) is 5.75 Å². The number of carbonyl (C=O) groups is 1. The van der Waals surface area contributed by atoms with Gasteiger partial charge < -0.3 is 9.64 Å². The molecule has 5 heteroatoms. The number of ether oxygens (including phenoxy) is 1. The zero-order valence-corrected chi connectivity index (χ0v) is 11.0. The van der Waals surface area contributed by atoms with E-state index >= 15 is 0 Å². The van der Waals surface area contributed by atoms with E-state index in [1.807, 2.05) is 6.07 Å². The molecule has 0 aliphatic carbocycles. The van der Waals surface area contributed by atoms with Crippen molar-refractivity contribution in [2.24, 2.45) is 0 Å². The monoisotopic (exact) mass is 267 g/mol. The highest BCUT2D eigenvalue weighted by Crippen LogP contribution is 2.13. The normalized spacial score (nSPS) is 9.60. The smallest absolute Gasteiger partial charge is 0.264 e. The summed E-state index contributed by atoms with van der Waals surface area (Å²) < 4.78 is 5.39. The van der Waals surface area contributed by atoms with Crippen molar-refractivity contribution in [1.82, 2.24) is 4.98 Å². The van der Waals surface area contributed by atoms with Crippen LogP contribution in [0, 0.1) is 11.3 Å². The van der Waals surface area contributed by atoms with Gasteiger partial charge in [0.25, 0.3) is 5.91 Å². The molecule has 0 saturated carbocycles. The molecule has 0 radical (unpaired) electrons. The van der Waals surface area contributed by atoms with E-state index < -0.39 is 0 Å². The highest BCUT2D eigenvalue weighted by Gasteiger charge is 2.11. The van der Waals surface area contributed by atoms with Gasteiger partial charge in [-0.2, -0.15) is 5.26 Å². The van der Waals surface area contributed by atoms with Crippen molar-refractivity contribution in [3.63, 3.8) is 0 Å². The first kappa shape index (κ1) is 13.6. The maximum atomic E-state index is 12.0. The number of hydrogen-bond acceptors (Lipinski definition) is 4. The van der Waals surface area contributed by atoms with E-state index in [1.54, 1.807) is 55.8 Å². The van der Waals surface area contributed by atoms with E-state index in [1.165, 1.54) is 4.90 Å². The van der Waals surface area contributed by atoms with Crippen molar-refractivity contribution < 1.29 is 9.53 Å². The van der Waals surface area contributed by atoms with E-state index in [0.29, 0.717) is 11.3 Å². The minimum absolute atomic E-state index is 0.0648. The van der Waals surface area contributed by atoms with Gasteiger partial charge in [-0.3, -0.25) is 9.78 Å². The standard InChI is InChI=1S/C15H13N3O2/c1-18(13-6-8-17-9-7-13)15(19)11-20-14-4-2-12(10-16)3-5-14/h2-9H,11H2,1H3. The number of amides is 1. The molecule has 0 fully saturated rings. The summed E-state index contributed by atoms with van der Waals surface area (Å²) in [4.78, 5) is 17.4. The molecular weight excluding hydrogens is 254 g/mol. The molecule has 1 heterocycles. The van der Waals surface area contributed by atoms with Gasteiger partial charge in [0.2, 0.25) is 0 Å². The molecule has 5 nitrogen and oxygen atoms in total. The average molecular weight is 267 g/mol. The molecule has 1 aromatic heterocycles. The highest BCUT2D eigenvalue weighted by molar-refractivity contribution is 5.93. The summed E-state index contributed by atoms with van der Waals surface area (Å²) in [6.45, 7) is -0.0648. The molecule has 1 amide bonds. The van der Waals surface area contributed by atoms with Crippen molar-refractivity contribution in [2.75, 3.05) is 18.6 Å². The minimum atomic E-state index is -0.166. The van der Waals surface area contributed by atoms with Crippen molar-refractivity contribution >= 4 is 11.6 Å². The Hall–Kier alpha value is -2.87. The zero-order chi connectivity index (χ0) is 14.4. The van der Waals surface area contributed by atoms with E-state index in [2.05, 4.69) is 4.98 Å². The van der Waals surface area contributed by atoms with Crippen molar-refractivity contribution in [3.8, 4) is 11.8 Å². The maximum absolute atomic E-state index is 12.0. The Morgan fingerprint density at radius 1 is 1.25 bits per heavy atom. The number of pyridine rings is 1. The van der Waals surface area contributed by atoms with Gasteiger partial charge in [-0.1, -0.05) is 0 Å². The average Bonchev–Trinajstić information content (AvgIpc) is 2.53. The molecule has 100 valence electrons. The van der Waals surface area contributed by atoms with E-state index in [4.69, 9.17) is 10.00 Å². The predicted octanol–water partition coefficient (Wildman–Crippen LogP) is 2.00. The first-order chi connectivity index (χ1) is 9.70. The van der Waals surface area contributed by atoms with Crippen LogP contribution in [-0.2, 0) is 4.79 Å². The van der Waals surface area contributed by atoms with Gasteiger partial charge >= 0.3 is 0 Å². The highest BCUT2D eigenvalue weighted by atomic mass is 16.5. The fourth-order valence-electron chi connectivity index (χ4n) is 1.58. The number of aromatic nitrogens is 1. The van der Waals surface area contributed by atoms with Gasteiger partial charge in [-0.15, -0.1) is 0 Å². The van der Waals surface area contributed by atoms with Crippen molar-refractivity contribution in [1.29, 1.82) is 5.26 Å². The third-order valence-corrected chi connectivity index (χ3v) is 2.77. The Morgan fingerprint density at radius 2 is 1.90 bits per heavy atom. The number of rotatable bonds is 4. The largest absolute Gasteiger partial charge is 0.484 e. The van der Waals surface area contributed by atoms with Crippen LogP contribution in [0.15, 0.2) is 48.8 Å². The van der Waals surface area contributed by atoms with Gasteiger partial charge in [-0.25, -0.2) is 0 Å². The van der Waals surface area contributed by atoms with Crippen molar-refractivity contribution in [3.05, 3.63) is 54.4 Å². The summed E-state index contributed by atoms with van der Waals surface area (Å²) in [5, 5.41) is 8.69. The number of hydrogen-bond donors (Lipinski definition) is 0. The Bertz CT molecular complexity index is 618. The number of nitrogens with zero attached hydrogens (tertiary/aromatic N) is 3. The van der Waals surface area contributed by atoms with Crippen LogP contribution in [0.25, 0.3) is 0 Å². The predicted molar refractivity (Wildman–Crippen MR) is 74.3 cm³/mol. The molecule has 0 aliphatic rings.